The van der Waals surface area contributed by atoms with Gasteiger partial charge < -0.3 is 5.32 Å². The topological polar surface area (TPSA) is 101 Å². The Labute approximate surface area is 181 Å². The van der Waals surface area contributed by atoms with E-state index in [2.05, 4.69) is 10.4 Å². The van der Waals surface area contributed by atoms with Crippen molar-refractivity contribution in [1.82, 2.24) is 14.1 Å². The summed E-state index contributed by atoms with van der Waals surface area (Å²) in [6, 6.07) is 11.2. The van der Waals surface area contributed by atoms with Gasteiger partial charge in [-0.25, -0.2) is 21.8 Å². The number of carbonyl (C=O) groups excluding carboxylic acids is 1. The van der Waals surface area contributed by atoms with Crippen molar-refractivity contribution in [3.05, 3.63) is 71.2 Å². The van der Waals surface area contributed by atoms with E-state index in [1.54, 1.807) is 0 Å². The number of benzene rings is 2. The summed E-state index contributed by atoms with van der Waals surface area (Å²) < 4.78 is 52.3. The summed E-state index contributed by atoms with van der Waals surface area (Å²) in [5.41, 5.74) is 2.08. The minimum Gasteiger partial charge on any atom is -0.306 e. The largest absolute Gasteiger partial charge is 0.306 e. The Bertz CT molecular complexity index is 1280. The van der Waals surface area contributed by atoms with E-state index < -0.39 is 32.5 Å². The summed E-state index contributed by atoms with van der Waals surface area (Å²) in [4.78, 5) is 12.9. The molecule has 8 nitrogen and oxygen atoms in total. The second-order valence-corrected chi connectivity index (χ2v) is 10.8. The molecule has 4 rings (SSSR count). The van der Waals surface area contributed by atoms with Crippen LogP contribution in [0.5, 0.6) is 0 Å². The lowest BCUT2D eigenvalue weighted by molar-refractivity contribution is 0.102. The Morgan fingerprint density at radius 2 is 1.74 bits per heavy atom. The third kappa shape index (κ3) is 4.03. The Morgan fingerprint density at radius 3 is 2.35 bits per heavy atom. The summed E-state index contributed by atoms with van der Waals surface area (Å²) in [6.45, 7) is 0. The van der Waals surface area contributed by atoms with Crippen molar-refractivity contribution in [2.24, 2.45) is 0 Å². The Balaban J connectivity index is 1.67. The van der Waals surface area contributed by atoms with Crippen molar-refractivity contribution in [2.45, 2.75) is 16.4 Å². The van der Waals surface area contributed by atoms with Gasteiger partial charge in [0.25, 0.3) is 5.91 Å². The smallest absolute Gasteiger partial charge is 0.256 e. The predicted octanol–water partition coefficient (Wildman–Crippen LogP) is 2.28. The van der Waals surface area contributed by atoms with Crippen LogP contribution in [0.15, 0.2) is 53.4 Å². The van der Waals surface area contributed by atoms with E-state index in [0.717, 1.165) is 4.31 Å². The van der Waals surface area contributed by atoms with E-state index in [-0.39, 0.29) is 22.0 Å². The summed E-state index contributed by atoms with van der Waals surface area (Å²) in [5, 5.41) is 7.25. The molecule has 1 atom stereocenters. The van der Waals surface area contributed by atoms with Crippen LogP contribution in [-0.4, -0.2) is 46.7 Å². The zero-order chi connectivity index (χ0) is 22.3. The molecule has 0 aliphatic carbocycles. The summed E-state index contributed by atoms with van der Waals surface area (Å²) in [5.74, 6) is 0.0261. The van der Waals surface area contributed by atoms with E-state index >= 15 is 0 Å². The molecule has 1 N–H and O–H groups in total. The molecule has 1 aliphatic heterocycles. The average molecular weight is 463 g/mol. The number of fused-ring (bicyclic) bond motifs is 1. The number of rotatable bonds is 5. The number of nitrogens with one attached hydrogen (secondary N) is 1. The molecule has 1 aromatic heterocycles. The number of aromatic nitrogens is 2. The average Bonchev–Trinajstić information content (AvgIpc) is 3.25. The third-order valence-corrected chi connectivity index (χ3v) is 7.90. The van der Waals surface area contributed by atoms with Crippen molar-refractivity contribution < 1.29 is 21.8 Å². The lowest BCUT2D eigenvalue weighted by Gasteiger charge is -2.13. The highest BCUT2D eigenvalue weighted by atomic mass is 32.2. The lowest BCUT2D eigenvalue weighted by Crippen LogP contribution is -2.22. The number of halogens is 1. The van der Waals surface area contributed by atoms with Crippen molar-refractivity contribution >= 4 is 32.5 Å². The van der Waals surface area contributed by atoms with E-state index in [4.69, 9.17) is 0 Å². The molecular weight excluding hydrogens is 443 g/mol. The van der Waals surface area contributed by atoms with Gasteiger partial charge in [-0.1, -0.05) is 0 Å². The van der Waals surface area contributed by atoms with Crippen LogP contribution in [0.4, 0.5) is 10.2 Å². The molecule has 0 bridgehead atoms. The molecule has 1 amide bonds. The molecule has 0 saturated carbocycles. The van der Waals surface area contributed by atoms with Crippen LogP contribution in [0.2, 0.25) is 0 Å². The van der Waals surface area contributed by atoms with Crippen LogP contribution in [0.1, 0.15) is 21.6 Å². The summed E-state index contributed by atoms with van der Waals surface area (Å²) >= 11 is 0. The molecule has 11 heteroatoms. The van der Waals surface area contributed by atoms with E-state index in [1.165, 1.54) is 67.3 Å². The van der Waals surface area contributed by atoms with Crippen LogP contribution >= 0.6 is 0 Å². The Morgan fingerprint density at radius 1 is 1.10 bits per heavy atom. The zero-order valence-electron chi connectivity index (χ0n) is 16.7. The minimum absolute atomic E-state index is 0.0710. The first kappa shape index (κ1) is 21.3. The number of sulfonamides is 1. The van der Waals surface area contributed by atoms with Gasteiger partial charge in [0, 0.05) is 36.0 Å². The molecule has 31 heavy (non-hydrogen) atoms. The van der Waals surface area contributed by atoms with Crippen molar-refractivity contribution in [3.8, 4) is 5.69 Å². The fourth-order valence-electron chi connectivity index (χ4n) is 3.19. The molecule has 0 saturated heterocycles. The molecular formula is C20H19FN4O4S2. The number of carbonyl (C=O) groups is 1. The van der Waals surface area contributed by atoms with Gasteiger partial charge in [-0.3, -0.25) is 9.00 Å². The summed E-state index contributed by atoms with van der Waals surface area (Å²) in [6.07, 6.45) is 0. The molecule has 2 aromatic carbocycles. The maximum absolute atomic E-state index is 13.3. The fraction of sp³-hybridized carbons (Fsp3) is 0.200. The van der Waals surface area contributed by atoms with Gasteiger partial charge in [0.15, 0.2) is 0 Å². The van der Waals surface area contributed by atoms with Gasteiger partial charge in [0.2, 0.25) is 10.0 Å². The standard InChI is InChI=1S/C20H19FN4O4S2/c1-24(2)31(28,29)16-9-3-13(4-10-16)20(26)22-19-17-11-30(27)12-18(17)23-25(19)15-7-5-14(21)6-8-15/h3-10H,11-12H2,1-2H3,(H,22,26)/t30-/m0/s1. The first-order chi connectivity index (χ1) is 14.7. The quantitative estimate of drug-likeness (QED) is 0.627. The van der Waals surface area contributed by atoms with E-state index in [9.17, 15) is 21.8 Å². The molecule has 3 aromatic rings. The minimum atomic E-state index is -3.61. The number of hydrogen-bond acceptors (Lipinski definition) is 5. The van der Waals surface area contributed by atoms with E-state index in [0.29, 0.717) is 22.8 Å². The lowest BCUT2D eigenvalue weighted by atomic mass is 10.2. The first-order valence-electron chi connectivity index (χ1n) is 9.22. The molecule has 2 heterocycles. The highest BCUT2D eigenvalue weighted by Gasteiger charge is 2.28. The third-order valence-electron chi connectivity index (χ3n) is 4.87. The van der Waals surface area contributed by atoms with Gasteiger partial charge >= 0.3 is 0 Å². The van der Waals surface area contributed by atoms with Gasteiger partial charge in [-0.15, -0.1) is 0 Å². The maximum atomic E-state index is 13.3. The highest BCUT2D eigenvalue weighted by Crippen LogP contribution is 2.31. The predicted molar refractivity (Wildman–Crippen MR) is 114 cm³/mol. The van der Waals surface area contributed by atoms with E-state index in [1.807, 2.05) is 0 Å². The molecule has 1 aliphatic rings. The highest BCUT2D eigenvalue weighted by molar-refractivity contribution is 7.89. The fourth-order valence-corrected chi connectivity index (χ4v) is 5.36. The monoisotopic (exact) mass is 462 g/mol. The normalized spacial score (nSPS) is 15.8. The molecule has 0 unspecified atom stereocenters. The number of amides is 1. The van der Waals surface area contributed by atoms with Crippen LogP contribution in [0.25, 0.3) is 5.69 Å². The van der Waals surface area contributed by atoms with Crippen molar-refractivity contribution in [1.29, 1.82) is 0 Å². The molecule has 0 spiro atoms. The van der Waals surface area contributed by atoms with Gasteiger partial charge in [0.1, 0.15) is 11.6 Å². The summed E-state index contributed by atoms with van der Waals surface area (Å²) in [7, 11) is -1.85. The second-order valence-electron chi connectivity index (χ2n) is 7.16. The molecule has 0 radical (unpaired) electrons. The number of nitrogens with zero attached hydrogens (tertiary/aromatic N) is 3. The Kier molecular flexibility index (Phi) is 5.50. The van der Waals surface area contributed by atoms with Gasteiger partial charge in [-0.2, -0.15) is 5.10 Å². The molecule has 0 fully saturated rings. The van der Waals surface area contributed by atoms with Crippen molar-refractivity contribution in [2.75, 3.05) is 19.4 Å². The van der Waals surface area contributed by atoms with Gasteiger partial charge in [0.05, 0.1) is 27.8 Å². The van der Waals surface area contributed by atoms with Crippen molar-refractivity contribution in [3.63, 3.8) is 0 Å². The van der Waals surface area contributed by atoms with Crippen LogP contribution in [0.3, 0.4) is 0 Å². The number of anilines is 1. The Hall–Kier alpha value is -2.89. The van der Waals surface area contributed by atoms with Crippen LogP contribution < -0.4 is 5.32 Å². The SMILES string of the molecule is CN(C)S(=O)(=O)c1ccc(C(=O)Nc2c3c(nn2-c2ccc(F)cc2)C[S@@](=O)C3)cc1. The molecule has 162 valence electrons. The van der Waals surface area contributed by atoms with Crippen LogP contribution in [-0.2, 0) is 32.3 Å². The van der Waals surface area contributed by atoms with Gasteiger partial charge in [-0.05, 0) is 48.5 Å². The first-order valence-corrected chi connectivity index (χ1v) is 12.2. The zero-order valence-corrected chi connectivity index (χ0v) is 18.3. The van der Waals surface area contributed by atoms with Crippen LogP contribution in [0, 0.1) is 5.82 Å². The second kappa shape index (κ2) is 7.98. The number of hydrogen-bond donors (Lipinski definition) is 1. The maximum Gasteiger partial charge on any atom is 0.256 e.